The lowest BCUT2D eigenvalue weighted by molar-refractivity contribution is 0.0936. The number of benzene rings is 1. The Kier molecular flexibility index (Phi) is 4.24. The summed E-state index contributed by atoms with van der Waals surface area (Å²) < 4.78 is 0. The van der Waals surface area contributed by atoms with Crippen LogP contribution in [0.2, 0.25) is 0 Å². The van der Waals surface area contributed by atoms with Crippen LogP contribution in [0.25, 0.3) is 0 Å². The molecule has 0 radical (unpaired) electrons. The molecule has 0 saturated carbocycles. The quantitative estimate of drug-likeness (QED) is 0.756. The fourth-order valence-corrected chi connectivity index (χ4v) is 2.60. The van der Waals surface area contributed by atoms with E-state index in [0.29, 0.717) is 0 Å². The minimum Gasteiger partial charge on any atom is -0.504 e. The highest BCUT2D eigenvalue weighted by Gasteiger charge is 2.18. The lowest BCUT2D eigenvalue weighted by Crippen LogP contribution is -2.26. The standard InChI is InChI=1S/C14H16N2O3S/c1-3-9-7-15-14(20-9)8(2)16-13(19)10-5-4-6-11(17)12(10)18/h4-8,17-18H,3H2,1-2H3,(H,16,19). The normalized spacial score (nSPS) is 12.1. The summed E-state index contributed by atoms with van der Waals surface area (Å²) in [5.74, 6) is -1.17. The van der Waals surface area contributed by atoms with Gasteiger partial charge in [-0.2, -0.15) is 0 Å². The van der Waals surface area contributed by atoms with Gasteiger partial charge in [0.05, 0.1) is 11.6 Å². The predicted molar refractivity (Wildman–Crippen MR) is 77.1 cm³/mol. The molecule has 3 N–H and O–H groups in total. The molecule has 0 bridgehead atoms. The number of phenolic OH excluding ortho intramolecular Hbond substituents is 2. The van der Waals surface area contributed by atoms with Crippen molar-refractivity contribution in [1.82, 2.24) is 10.3 Å². The van der Waals surface area contributed by atoms with Gasteiger partial charge in [-0.3, -0.25) is 4.79 Å². The zero-order chi connectivity index (χ0) is 14.7. The van der Waals surface area contributed by atoms with Crippen molar-refractivity contribution in [3.63, 3.8) is 0 Å². The maximum absolute atomic E-state index is 12.1. The largest absolute Gasteiger partial charge is 0.504 e. The summed E-state index contributed by atoms with van der Waals surface area (Å²) in [7, 11) is 0. The first kappa shape index (κ1) is 14.3. The number of aromatic nitrogens is 1. The van der Waals surface area contributed by atoms with Crippen LogP contribution in [-0.2, 0) is 6.42 Å². The molecule has 1 unspecified atom stereocenters. The van der Waals surface area contributed by atoms with Crippen molar-refractivity contribution in [2.24, 2.45) is 0 Å². The third-order valence-electron chi connectivity index (χ3n) is 2.90. The Morgan fingerprint density at radius 1 is 1.45 bits per heavy atom. The maximum Gasteiger partial charge on any atom is 0.255 e. The Balaban J connectivity index is 2.13. The minimum atomic E-state index is -0.445. The zero-order valence-corrected chi connectivity index (χ0v) is 12.1. The van der Waals surface area contributed by atoms with Crippen molar-refractivity contribution in [2.75, 3.05) is 0 Å². The van der Waals surface area contributed by atoms with Gasteiger partial charge < -0.3 is 15.5 Å². The molecular weight excluding hydrogens is 276 g/mol. The number of aryl methyl sites for hydroxylation is 1. The van der Waals surface area contributed by atoms with Gasteiger partial charge in [-0.1, -0.05) is 13.0 Å². The molecule has 1 aromatic carbocycles. The summed E-state index contributed by atoms with van der Waals surface area (Å²) in [6.45, 7) is 3.88. The number of nitrogens with one attached hydrogen (secondary N) is 1. The zero-order valence-electron chi connectivity index (χ0n) is 11.3. The fourth-order valence-electron chi connectivity index (χ4n) is 1.74. The molecule has 6 heteroatoms. The topological polar surface area (TPSA) is 82.5 Å². The van der Waals surface area contributed by atoms with Gasteiger partial charge in [0.1, 0.15) is 5.01 Å². The number of hydrogen-bond donors (Lipinski definition) is 3. The molecule has 0 fully saturated rings. The Morgan fingerprint density at radius 2 is 2.20 bits per heavy atom. The van der Waals surface area contributed by atoms with Gasteiger partial charge in [-0.15, -0.1) is 11.3 Å². The van der Waals surface area contributed by atoms with Gasteiger partial charge in [0, 0.05) is 11.1 Å². The van der Waals surface area contributed by atoms with Crippen molar-refractivity contribution >= 4 is 17.2 Å². The highest BCUT2D eigenvalue weighted by molar-refractivity contribution is 7.11. The molecule has 5 nitrogen and oxygen atoms in total. The molecule has 0 aliphatic carbocycles. The fraction of sp³-hybridized carbons (Fsp3) is 0.286. The van der Waals surface area contributed by atoms with Crippen molar-refractivity contribution in [3.05, 3.63) is 39.8 Å². The number of carbonyl (C=O) groups excluding carboxylic acids is 1. The summed E-state index contributed by atoms with van der Waals surface area (Å²) in [5, 5.41) is 22.6. The Labute approximate surface area is 120 Å². The molecule has 1 heterocycles. The van der Waals surface area contributed by atoms with Crippen LogP contribution in [0.5, 0.6) is 11.5 Å². The average molecular weight is 292 g/mol. The van der Waals surface area contributed by atoms with Crippen molar-refractivity contribution < 1.29 is 15.0 Å². The first-order chi connectivity index (χ1) is 9.52. The number of thiazole rings is 1. The van der Waals surface area contributed by atoms with E-state index in [1.54, 1.807) is 17.5 Å². The molecule has 0 aliphatic heterocycles. The average Bonchev–Trinajstić information content (AvgIpc) is 2.90. The SMILES string of the molecule is CCc1cnc(C(C)NC(=O)c2cccc(O)c2O)s1. The highest BCUT2D eigenvalue weighted by atomic mass is 32.1. The summed E-state index contributed by atoms with van der Waals surface area (Å²) in [4.78, 5) is 17.5. The van der Waals surface area contributed by atoms with E-state index >= 15 is 0 Å². The summed E-state index contributed by atoms with van der Waals surface area (Å²) in [6, 6.07) is 4.03. The predicted octanol–water partition coefficient (Wildman–Crippen LogP) is 2.61. The van der Waals surface area contributed by atoms with Crippen LogP contribution in [0.15, 0.2) is 24.4 Å². The number of para-hydroxylation sites is 1. The van der Waals surface area contributed by atoms with Crippen LogP contribution in [0.4, 0.5) is 0 Å². The second-order valence-electron chi connectivity index (χ2n) is 4.39. The van der Waals surface area contributed by atoms with Crippen LogP contribution >= 0.6 is 11.3 Å². The van der Waals surface area contributed by atoms with Crippen LogP contribution < -0.4 is 5.32 Å². The molecule has 2 aromatic rings. The number of rotatable bonds is 4. The molecule has 0 spiro atoms. The number of aromatic hydroxyl groups is 2. The number of amides is 1. The lowest BCUT2D eigenvalue weighted by atomic mass is 10.1. The molecular formula is C14H16N2O3S. The van der Waals surface area contributed by atoms with Crippen LogP contribution in [0.3, 0.4) is 0 Å². The summed E-state index contributed by atoms with van der Waals surface area (Å²) in [6.07, 6.45) is 2.71. The maximum atomic E-state index is 12.1. The molecule has 1 aromatic heterocycles. The van der Waals surface area contributed by atoms with Gasteiger partial charge in [0.2, 0.25) is 0 Å². The van der Waals surface area contributed by atoms with E-state index in [9.17, 15) is 15.0 Å². The molecule has 2 rings (SSSR count). The Morgan fingerprint density at radius 3 is 2.85 bits per heavy atom. The number of nitrogens with zero attached hydrogens (tertiary/aromatic N) is 1. The first-order valence-electron chi connectivity index (χ1n) is 6.29. The van der Waals surface area contributed by atoms with Crippen molar-refractivity contribution in [3.8, 4) is 11.5 Å². The van der Waals surface area contributed by atoms with Gasteiger partial charge in [-0.05, 0) is 25.5 Å². The molecule has 1 atom stereocenters. The van der Waals surface area contributed by atoms with Gasteiger partial charge in [-0.25, -0.2) is 4.98 Å². The van der Waals surface area contributed by atoms with E-state index in [0.717, 1.165) is 16.3 Å². The minimum absolute atomic E-state index is 0.0455. The van der Waals surface area contributed by atoms with Crippen molar-refractivity contribution in [2.45, 2.75) is 26.3 Å². The molecule has 106 valence electrons. The van der Waals surface area contributed by atoms with Crippen LogP contribution in [0.1, 0.15) is 40.1 Å². The molecule has 0 aliphatic rings. The van der Waals surface area contributed by atoms with E-state index in [4.69, 9.17) is 0 Å². The van der Waals surface area contributed by atoms with E-state index < -0.39 is 11.7 Å². The van der Waals surface area contributed by atoms with Crippen LogP contribution in [0, 0.1) is 0 Å². The van der Waals surface area contributed by atoms with Gasteiger partial charge in [0.15, 0.2) is 11.5 Å². The second-order valence-corrected chi connectivity index (χ2v) is 5.53. The van der Waals surface area contributed by atoms with E-state index in [1.165, 1.54) is 18.2 Å². The van der Waals surface area contributed by atoms with Gasteiger partial charge >= 0.3 is 0 Å². The molecule has 20 heavy (non-hydrogen) atoms. The lowest BCUT2D eigenvalue weighted by Gasteiger charge is -2.12. The number of carbonyl (C=O) groups is 1. The summed E-state index contributed by atoms with van der Waals surface area (Å²) >= 11 is 1.55. The van der Waals surface area contributed by atoms with Crippen molar-refractivity contribution in [1.29, 1.82) is 0 Å². The van der Waals surface area contributed by atoms with Gasteiger partial charge in [0.25, 0.3) is 5.91 Å². The van der Waals surface area contributed by atoms with Crippen LogP contribution in [-0.4, -0.2) is 21.1 Å². The third-order valence-corrected chi connectivity index (χ3v) is 4.22. The number of hydrogen-bond acceptors (Lipinski definition) is 5. The molecule has 0 saturated heterocycles. The number of phenols is 2. The first-order valence-corrected chi connectivity index (χ1v) is 7.11. The Bertz CT molecular complexity index is 625. The third kappa shape index (κ3) is 2.91. The van der Waals surface area contributed by atoms with E-state index in [1.807, 2.05) is 13.8 Å². The monoisotopic (exact) mass is 292 g/mol. The molecule has 1 amide bonds. The van der Waals surface area contributed by atoms with E-state index in [-0.39, 0.29) is 17.4 Å². The van der Waals surface area contributed by atoms with E-state index in [2.05, 4.69) is 10.3 Å². The Hall–Kier alpha value is -2.08. The second kappa shape index (κ2) is 5.92. The summed E-state index contributed by atoms with van der Waals surface area (Å²) in [5.41, 5.74) is 0.0455. The highest BCUT2D eigenvalue weighted by Crippen LogP contribution is 2.28. The smallest absolute Gasteiger partial charge is 0.255 e.